The molecular formula is C12H11N5O6. The molecule has 11 heteroatoms. The second-order valence-corrected chi connectivity index (χ2v) is 4.34. The third kappa shape index (κ3) is 3.78. The number of nitro benzene ring substituents is 1. The van der Waals surface area contributed by atoms with Crippen LogP contribution in [0.4, 0.5) is 17.1 Å². The highest BCUT2D eigenvalue weighted by atomic mass is 16.6. The van der Waals surface area contributed by atoms with Crippen LogP contribution in [0.2, 0.25) is 0 Å². The monoisotopic (exact) mass is 321 g/mol. The largest absolute Gasteiger partial charge is 0.494 e. The number of amides is 1. The summed E-state index contributed by atoms with van der Waals surface area (Å²) in [5, 5.41) is 27.4. The van der Waals surface area contributed by atoms with E-state index in [0.29, 0.717) is 0 Å². The standard InChI is InChI=1S/C12H11N5O6/c1-23-11-4-8(16(19)20)2-3-10(11)14-12(18)7-15-6-9(5-13-15)17(21)22/h2-6H,7H2,1H3,(H,14,18). The van der Waals surface area contributed by atoms with E-state index in [1.807, 2.05) is 0 Å². The summed E-state index contributed by atoms with van der Waals surface area (Å²) in [7, 11) is 1.31. The van der Waals surface area contributed by atoms with Gasteiger partial charge in [0.1, 0.15) is 24.7 Å². The normalized spacial score (nSPS) is 10.1. The molecule has 0 saturated heterocycles. The fourth-order valence-corrected chi connectivity index (χ4v) is 1.77. The molecule has 0 saturated carbocycles. The Morgan fingerprint density at radius 2 is 2.00 bits per heavy atom. The number of carbonyl (C=O) groups is 1. The molecule has 11 nitrogen and oxygen atoms in total. The van der Waals surface area contributed by atoms with Crippen LogP contribution in [0.5, 0.6) is 5.75 Å². The number of anilines is 1. The summed E-state index contributed by atoms with van der Waals surface area (Å²) < 4.78 is 6.09. The van der Waals surface area contributed by atoms with Crippen molar-refractivity contribution in [2.45, 2.75) is 6.54 Å². The number of hydrogen-bond acceptors (Lipinski definition) is 7. The van der Waals surface area contributed by atoms with Crippen molar-refractivity contribution in [3.05, 3.63) is 50.8 Å². The summed E-state index contributed by atoms with van der Waals surface area (Å²) in [6, 6.07) is 3.73. The first-order valence-electron chi connectivity index (χ1n) is 6.20. The highest BCUT2D eigenvalue weighted by Crippen LogP contribution is 2.28. The molecule has 0 aliphatic heterocycles. The molecule has 1 aromatic heterocycles. The molecule has 0 aliphatic carbocycles. The summed E-state index contributed by atoms with van der Waals surface area (Å²) in [6.45, 7) is -0.256. The minimum Gasteiger partial charge on any atom is -0.494 e. The van der Waals surface area contributed by atoms with E-state index >= 15 is 0 Å². The van der Waals surface area contributed by atoms with Gasteiger partial charge in [0.25, 0.3) is 5.69 Å². The molecule has 0 unspecified atom stereocenters. The number of aromatic nitrogens is 2. The maximum absolute atomic E-state index is 11.9. The highest BCUT2D eigenvalue weighted by molar-refractivity contribution is 5.92. The first-order valence-corrected chi connectivity index (χ1v) is 6.20. The van der Waals surface area contributed by atoms with Crippen molar-refractivity contribution in [3.8, 4) is 5.75 Å². The first-order chi connectivity index (χ1) is 10.9. The molecule has 1 N–H and O–H groups in total. The number of hydrogen-bond donors (Lipinski definition) is 1. The summed E-state index contributed by atoms with van der Waals surface area (Å²) >= 11 is 0. The lowest BCUT2D eigenvalue weighted by molar-refractivity contribution is -0.385. The molecule has 2 aromatic rings. The number of ether oxygens (including phenoxy) is 1. The van der Waals surface area contributed by atoms with Crippen molar-refractivity contribution >= 4 is 23.0 Å². The van der Waals surface area contributed by atoms with Gasteiger partial charge in [-0.3, -0.25) is 29.7 Å². The van der Waals surface area contributed by atoms with Gasteiger partial charge in [-0.2, -0.15) is 5.10 Å². The van der Waals surface area contributed by atoms with Crippen LogP contribution in [0, 0.1) is 20.2 Å². The minimum absolute atomic E-state index is 0.124. The number of nitrogens with zero attached hydrogens (tertiary/aromatic N) is 4. The molecule has 120 valence electrons. The van der Waals surface area contributed by atoms with Gasteiger partial charge in [-0.15, -0.1) is 0 Å². The summed E-state index contributed by atoms with van der Waals surface area (Å²) in [5.41, 5.74) is -0.168. The number of nitrogens with one attached hydrogen (secondary N) is 1. The van der Waals surface area contributed by atoms with Crippen molar-refractivity contribution in [2.24, 2.45) is 0 Å². The predicted octanol–water partition coefficient (Wildman–Crippen LogP) is 1.35. The van der Waals surface area contributed by atoms with E-state index in [0.717, 1.165) is 17.1 Å². The van der Waals surface area contributed by atoms with E-state index < -0.39 is 15.8 Å². The fourth-order valence-electron chi connectivity index (χ4n) is 1.77. The predicted molar refractivity (Wildman–Crippen MR) is 77.2 cm³/mol. The minimum atomic E-state index is -0.624. The van der Waals surface area contributed by atoms with Crippen molar-refractivity contribution in [1.82, 2.24) is 9.78 Å². The molecule has 1 heterocycles. The van der Waals surface area contributed by atoms with Crippen molar-refractivity contribution in [3.63, 3.8) is 0 Å². The van der Waals surface area contributed by atoms with Crippen LogP contribution in [0.15, 0.2) is 30.6 Å². The third-order valence-electron chi connectivity index (χ3n) is 2.81. The van der Waals surface area contributed by atoms with E-state index in [9.17, 15) is 25.0 Å². The van der Waals surface area contributed by atoms with Crippen LogP contribution in [0.1, 0.15) is 0 Å². The van der Waals surface area contributed by atoms with Crippen molar-refractivity contribution < 1.29 is 19.4 Å². The lowest BCUT2D eigenvalue weighted by atomic mass is 10.2. The Balaban J connectivity index is 2.10. The molecule has 23 heavy (non-hydrogen) atoms. The zero-order valence-corrected chi connectivity index (χ0v) is 11.8. The van der Waals surface area contributed by atoms with Crippen molar-refractivity contribution in [1.29, 1.82) is 0 Å². The smallest absolute Gasteiger partial charge is 0.307 e. The summed E-state index contributed by atoms with van der Waals surface area (Å²) in [4.78, 5) is 31.9. The van der Waals surface area contributed by atoms with E-state index in [4.69, 9.17) is 4.74 Å². The van der Waals surface area contributed by atoms with E-state index in [2.05, 4.69) is 10.4 Å². The van der Waals surface area contributed by atoms with Crippen LogP contribution in [-0.4, -0.2) is 32.6 Å². The van der Waals surface area contributed by atoms with Crippen LogP contribution in [0.3, 0.4) is 0 Å². The number of non-ortho nitro benzene ring substituents is 1. The summed E-state index contributed by atoms with van der Waals surface area (Å²) in [5.74, 6) is -0.394. The van der Waals surface area contributed by atoms with E-state index in [1.54, 1.807) is 0 Å². The van der Waals surface area contributed by atoms with Gasteiger partial charge in [-0.25, -0.2) is 0 Å². The van der Waals surface area contributed by atoms with Gasteiger partial charge in [-0.1, -0.05) is 0 Å². The van der Waals surface area contributed by atoms with Crippen molar-refractivity contribution in [2.75, 3.05) is 12.4 Å². The topological polar surface area (TPSA) is 142 Å². The molecule has 0 spiro atoms. The quantitative estimate of drug-likeness (QED) is 0.624. The maximum Gasteiger partial charge on any atom is 0.307 e. The Hall–Kier alpha value is -3.50. The number of benzene rings is 1. The number of methoxy groups -OCH3 is 1. The van der Waals surface area contributed by atoms with Crippen LogP contribution >= 0.6 is 0 Å². The lowest BCUT2D eigenvalue weighted by Gasteiger charge is -2.09. The molecule has 2 rings (SSSR count). The van der Waals surface area contributed by atoms with Crippen LogP contribution in [0.25, 0.3) is 0 Å². The van der Waals surface area contributed by atoms with E-state index in [-0.39, 0.29) is 29.4 Å². The Bertz CT molecular complexity index is 771. The Labute approximate surface area is 128 Å². The molecule has 0 radical (unpaired) electrons. The van der Waals surface area contributed by atoms with Crippen LogP contribution in [-0.2, 0) is 11.3 Å². The van der Waals surface area contributed by atoms with Crippen LogP contribution < -0.4 is 10.1 Å². The van der Waals surface area contributed by atoms with Gasteiger partial charge >= 0.3 is 5.69 Å². The average molecular weight is 321 g/mol. The maximum atomic E-state index is 11.9. The SMILES string of the molecule is COc1cc([N+](=O)[O-])ccc1NC(=O)Cn1cc([N+](=O)[O-])cn1. The molecule has 1 aromatic carbocycles. The molecule has 0 bridgehead atoms. The van der Waals surface area contributed by atoms with Gasteiger partial charge in [0.15, 0.2) is 0 Å². The molecule has 0 fully saturated rings. The number of nitro groups is 2. The molecule has 0 atom stereocenters. The highest BCUT2D eigenvalue weighted by Gasteiger charge is 2.15. The number of rotatable bonds is 6. The van der Waals surface area contributed by atoms with Gasteiger partial charge < -0.3 is 10.1 Å². The molecular weight excluding hydrogens is 310 g/mol. The Morgan fingerprint density at radius 1 is 1.30 bits per heavy atom. The second-order valence-electron chi connectivity index (χ2n) is 4.34. The second kappa shape index (κ2) is 6.51. The van der Waals surface area contributed by atoms with E-state index in [1.165, 1.54) is 25.3 Å². The van der Waals surface area contributed by atoms with Gasteiger partial charge in [0.2, 0.25) is 5.91 Å². The molecule has 0 aliphatic rings. The van der Waals surface area contributed by atoms with Gasteiger partial charge in [0.05, 0.1) is 28.7 Å². The average Bonchev–Trinajstić information content (AvgIpc) is 2.96. The zero-order valence-electron chi connectivity index (χ0n) is 11.8. The first kappa shape index (κ1) is 15.9. The summed E-state index contributed by atoms with van der Waals surface area (Å²) in [6.07, 6.45) is 2.15. The third-order valence-corrected chi connectivity index (χ3v) is 2.81. The lowest BCUT2D eigenvalue weighted by Crippen LogP contribution is -2.19. The molecule has 1 amide bonds. The Kier molecular flexibility index (Phi) is 4.50. The zero-order chi connectivity index (χ0) is 17.0. The van der Waals surface area contributed by atoms with Gasteiger partial charge in [-0.05, 0) is 6.07 Å². The Morgan fingerprint density at radius 3 is 2.57 bits per heavy atom. The van der Waals surface area contributed by atoms with Gasteiger partial charge in [0, 0.05) is 6.07 Å². The number of carbonyl (C=O) groups excluding carboxylic acids is 1. The fraction of sp³-hybridized carbons (Fsp3) is 0.167.